The summed E-state index contributed by atoms with van der Waals surface area (Å²) >= 11 is 0. The summed E-state index contributed by atoms with van der Waals surface area (Å²) < 4.78 is 0. The third-order valence-electron chi connectivity index (χ3n) is 4.29. The molecule has 1 aromatic carbocycles. The molecule has 2 N–H and O–H groups in total. The summed E-state index contributed by atoms with van der Waals surface area (Å²) in [5.41, 5.74) is 10.6. The van der Waals surface area contributed by atoms with Crippen LogP contribution in [0.4, 0.5) is 0 Å². The number of rotatable bonds is 3. The van der Waals surface area contributed by atoms with Gasteiger partial charge in [0.05, 0.1) is 0 Å². The van der Waals surface area contributed by atoms with Gasteiger partial charge in [-0.1, -0.05) is 62.2 Å². The van der Waals surface area contributed by atoms with Crippen molar-refractivity contribution in [2.75, 3.05) is 19.6 Å². The second-order valence-electron chi connectivity index (χ2n) is 6.89. The van der Waals surface area contributed by atoms with E-state index in [0.29, 0.717) is 18.0 Å². The average Bonchev–Trinajstić information content (AvgIpc) is 2.39. The maximum Gasteiger partial charge on any atom is 0.0473 e. The molecule has 1 heterocycles. The van der Waals surface area contributed by atoms with E-state index >= 15 is 0 Å². The van der Waals surface area contributed by atoms with Crippen LogP contribution in [-0.4, -0.2) is 24.5 Å². The molecule has 0 spiro atoms. The minimum absolute atomic E-state index is 0.299. The Labute approximate surface area is 123 Å². The third-order valence-corrected chi connectivity index (χ3v) is 4.29. The first-order valence-electron chi connectivity index (χ1n) is 7.62. The molecule has 110 valence electrons. The van der Waals surface area contributed by atoms with E-state index in [2.05, 4.69) is 62.9 Å². The van der Waals surface area contributed by atoms with Crippen LogP contribution in [0.1, 0.15) is 44.4 Å². The lowest BCUT2D eigenvalue weighted by atomic mass is 9.82. The Morgan fingerprint density at radius 1 is 1.30 bits per heavy atom. The SMILES string of the molecule is Cc1cccc(C(CN)N2CC=C(C(C)(C)C)CC2)c1. The Morgan fingerprint density at radius 3 is 2.55 bits per heavy atom. The molecule has 0 radical (unpaired) electrons. The van der Waals surface area contributed by atoms with Crippen molar-refractivity contribution in [2.24, 2.45) is 11.1 Å². The molecular formula is C18H28N2. The van der Waals surface area contributed by atoms with Gasteiger partial charge < -0.3 is 5.73 Å². The van der Waals surface area contributed by atoms with E-state index in [0.717, 1.165) is 19.5 Å². The van der Waals surface area contributed by atoms with Crippen LogP contribution in [0.25, 0.3) is 0 Å². The van der Waals surface area contributed by atoms with E-state index in [-0.39, 0.29) is 0 Å². The van der Waals surface area contributed by atoms with Crippen LogP contribution in [-0.2, 0) is 0 Å². The lowest BCUT2D eigenvalue weighted by molar-refractivity contribution is 0.209. The van der Waals surface area contributed by atoms with Gasteiger partial charge in [-0.25, -0.2) is 0 Å². The summed E-state index contributed by atoms with van der Waals surface area (Å²) in [6.45, 7) is 11.9. The average molecular weight is 272 g/mol. The zero-order chi connectivity index (χ0) is 14.8. The van der Waals surface area contributed by atoms with Crippen molar-refractivity contribution in [1.82, 2.24) is 4.90 Å². The van der Waals surface area contributed by atoms with Crippen molar-refractivity contribution in [3.05, 3.63) is 47.0 Å². The molecule has 0 saturated carbocycles. The van der Waals surface area contributed by atoms with E-state index in [9.17, 15) is 0 Å². The van der Waals surface area contributed by atoms with Crippen molar-refractivity contribution >= 4 is 0 Å². The quantitative estimate of drug-likeness (QED) is 0.851. The van der Waals surface area contributed by atoms with Gasteiger partial charge >= 0.3 is 0 Å². The summed E-state index contributed by atoms with van der Waals surface area (Å²) in [6.07, 6.45) is 3.56. The molecule has 0 aliphatic carbocycles. The summed E-state index contributed by atoms with van der Waals surface area (Å²) in [6, 6.07) is 9.08. The van der Waals surface area contributed by atoms with Gasteiger partial charge in [-0.3, -0.25) is 4.90 Å². The minimum atomic E-state index is 0.299. The second-order valence-corrected chi connectivity index (χ2v) is 6.89. The van der Waals surface area contributed by atoms with Gasteiger partial charge in [0.2, 0.25) is 0 Å². The first kappa shape index (κ1) is 15.3. The number of hydrogen-bond acceptors (Lipinski definition) is 2. The van der Waals surface area contributed by atoms with Crippen molar-refractivity contribution in [2.45, 2.75) is 40.2 Å². The Balaban J connectivity index is 2.13. The maximum absolute atomic E-state index is 6.04. The van der Waals surface area contributed by atoms with E-state index in [1.165, 1.54) is 11.1 Å². The maximum atomic E-state index is 6.04. The Bertz CT molecular complexity index is 482. The highest BCUT2D eigenvalue weighted by atomic mass is 15.2. The zero-order valence-corrected chi connectivity index (χ0v) is 13.3. The summed E-state index contributed by atoms with van der Waals surface area (Å²) in [4.78, 5) is 2.50. The molecular weight excluding hydrogens is 244 g/mol. The minimum Gasteiger partial charge on any atom is -0.329 e. The molecule has 1 aromatic rings. The van der Waals surface area contributed by atoms with Crippen molar-refractivity contribution < 1.29 is 0 Å². The molecule has 2 heteroatoms. The van der Waals surface area contributed by atoms with E-state index in [1.54, 1.807) is 5.57 Å². The smallest absolute Gasteiger partial charge is 0.0473 e. The van der Waals surface area contributed by atoms with Crippen LogP contribution in [0, 0.1) is 12.3 Å². The van der Waals surface area contributed by atoms with Gasteiger partial charge in [-0.2, -0.15) is 0 Å². The van der Waals surface area contributed by atoms with Gasteiger partial charge in [-0.15, -0.1) is 0 Å². The van der Waals surface area contributed by atoms with Crippen LogP contribution in [0.3, 0.4) is 0 Å². The van der Waals surface area contributed by atoms with Crippen molar-refractivity contribution in [3.63, 3.8) is 0 Å². The largest absolute Gasteiger partial charge is 0.329 e. The van der Waals surface area contributed by atoms with Gasteiger partial charge in [0.1, 0.15) is 0 Å². The third kappa shape index (κ3) is 3.50. The molecule has 0 bridgehead atoms. The normalized spacial score (nSPS) is 18.8. The lowest BCUT2D eigenvalue weighted by Crippen LogP contribution is -2.38. The summed E-state index contributed by atoms with van der Waals surface area (Å²) in [5, 5.41) is 0. The molecule has 2 rings (SSSR count). The number of aryl methyl sites for hydroxylation is 1. The molecule has 0 fully saturated rings. The highest BCUT2D eigenvalue weighted by Crippen LogP contribution is 2.32. The zero-order valence-electron chi connectivity index (χ0n) is 13.3. The van der Waals surface area contributed by atoms with Gasteiger partial charge in [-0.05, 0) is 24.3 Å². The number of hydrogen-bond donors (Lipinski definition) is 1. The molecule has 1 aliphatic heterocycles. The van der Waals surface area contributed by atoms with E-state index in [4.69, 9.17) is 5.73 Å². The van der Waals surface area contributed by atoms with Gasteiger partial charge in [0, 0.05) is 25.7 Å². The number of benzene rings is 1. The highest BCUT2D eigenvalue weighted by Gasteiger charge is 2.25. The van der Waals surface area contributed by atoms with Crippen LogP contribution >= 0.6 is 0 Å². The number of nitrogens with zero attached hydrogens (tertiary/aromatic N) is 1. The Morgan fingerprint density at radius 2 is 2.05 bits per heavy atom. The van der Waals surface area contributed by atoms with Gasteiger partial charge in [0.15, 0.2) is 0 Å². The fourth-order valence-corrected chi connectivity index (χ4v) is 3.02. The topological polar surface area (TPSA) is 29.3 Å². The van der Waals surface area contributed by atoms with Crippen LogP contribution in [0.5, 0.6) is 0 Å². The van der Waals surface area contributed by atoms with Crippen LogP contribution in [0.2, 0.25) is 0 Å². The number of nitrogens with two attached hydrogens (primary N) is 1. The van der Waals surface area contributed by atoms with Crippen LogP contribution in [0.15, 0.2) is 35.9 Å². The molecule has 0 amide bonds. The standard InChI is InChI=1S/C18H28N2/c1-14-6-5-7-15(12-14)17(13-19)20-10-8-16(9-11-20)18(2,3)4/h5-8,12,17H,9-11,13,19H2,1-4H3. The molecule has 1 unspecified atom stereocenters. The summed E-state index contributed by atoms with van der Waals surface area (Å²) in [7, 11) is 0. The molecule has 1 aliphatic rings. The Kier molecular flexibility index (Phi) is 4.66. The molecule has 1 atom stereocenters. The fraction of sp³-hybridized carbons (Fsp3) is 0.556. The molecule has 0 saturated heterocycles. The highest BCUT2D eigenvalue weighted by molar-refractivity contribution is 5.26. The predicted molar refractivity (Wildman–Crippen MR) is 86.7 cm³/mol. The monoisotopic (exact) mass is 272 g/mol. The predicted octanol–water partition coefficient (Wildman–Crippen LogP) is 3.67. The Hall–Kier alpha value is -1.12. The molecule has 0 aromatic heterocycles. The van der Waals surface area contributed by atoms with Gasteiger partial charge in [0.25, 0.3) is 0 Å². The first-order valence-corrected chi connectivity index (χ1v) is 7.62. The molecule has 2 nitrogen and oxygen atoms in total. The van der Waals surface area contributed by atoms with Crippen molar-refractivity contribution in [3.8, 4) is 0 Å². The second kappa shape index (κ2) is 6.11. The summed E-state index contributed by atoms with van der Waals surface area (Å²) in [5.74, 6) is 0. The van der Waals surface area contributed by atoms with Crippen LogP contribution < -0.4 is 5.73 Å². The lowest BCUT2D eigenvalue weighted by Gasteiger charge is -2.36. The van der Waals surface area contributed by atoms with Crippen molar-refractivity contribution in [1.29, 1.82) is 0 Å². The van der Waals surface area contributed by atoms with E-state index < -0.39 is 0 Å². The fourth-order valence-electron chi connectivity index (χ4n) is 3.02. The van der Waals surface area contributed by atoms with E-state index in [1.807, 2.05) is 0 Å². The molecule has 20 heavy (non-hydrogen) atoms. The first-order chi connectivity index (χ1) is 9.41.